The van der Waals surface area contributed by atoms with Crippen LogP contribution in [-0.4, -0.2) is 19.2 Å². The highest BCUT2D eigenvalue weighted by Gasteiger charge is 2.07. The molecule has 2 rings (SSSR count). The summed E-state index contributed by atoms with van der Waals surface area (Å²) in [4.78, 5) is 4.23. The zero-order valence-corrected chi connectivity index (χ0v) is 13.2. The summed E-state index contributed by atoms with van der Waals surface area (Å²) in [5, 5.41) is 3.23. The molecular weight excluding hydrogens is 286 g/mol. The number of benzene rings is 1. The predicted octanol–water partition coefficient (Wildman–Crippen LogP) is 3.20. The Morgan fingerprint density at radius 2 is 1.90 bits per heavy atom. The molecule has 112 valence electrons. The number of aromatic nitrogens is 1. The molecule has 1 heterocycles. The lowest BCUT2D eigenvalue weighted by Crippen LogP contribution is -2.14. The maximum Gasteiger partial charge on any atom is 0.232 e. The number of aryl methyl sites for hydroxylation is 1. The molecule has 0 atom stereocenters. The van der Waals surface area contributed by atoms with Gasteiger partial charge in [-0.2, -0.15) is 0 Å². The fraction of sp³-hybridized carbons (Fsp3) is 0.267. The molecule has 0 bridgehead atoms. The van der Waals surface area contributed by atoms with Gasteiger partial charge in [-0.15, -0.1) is 0 Å². The average molecular weight is 305 g/mol. The fourth-order valence-corrected chi connectivity index (χ4v) is 2.43. The summed E-state index contributed by atoms with van der Waals surface area (Å²) in [5.74, 6) is 0.707. The smallest absolute Gasteiger partial charge is 0.232 e. The first-order chi connectivity index (χ1) is 9.91. The normalized spacial score (nSPS) is 11.2. The second-order valence-electron chi connectivity index (χ2n) is 4.81. The van der Waals surface area contributed by atoms with E-state index in [9.17, 15) is 8.42 Å². The van der Waals surface area contributed by atoms with Crippen LogP contribution in [0.4, 0.5) is 17.2 Å². The van der Waals surface area contributed by atoms with Crippen molar-refractivity contribution in [3.8, 4) is 0 Å². The molecule has 1 aromatic heterocycles. The highest BCUT2D eigenvalue weighted by Crippen LogP contribution is 2.22. The molecule has 0 unspecified atom stereocenters. The Balaban J connectivity index is 2.15. The Morgan fingerprint density at radius 3 is 2.52 bits per heavy atom. The van der Waals surface area contributed by atoms with E-state index in [1.165, 1.54) is 11.8 Å². The molecule has 21 heavy (non-hydrogen) atoms. The first kappa shape index (κ1) is 15.3. The van der Waals surface area contributed by atoms with Crippen LogP contribution in [0.3, 0.4) is 0 Å². The molecule has 2 N–H and O–H groups in total. The number of nitrogens with one attached hydrogen (secondary N) is 2. The summed E-state index contributed by atoms with van der Waals surface area (Å²) in [6, 6.07) is 9.45. The zero-order chi connectivity index (χ0) is 15.5. The monoisotopic (exact) mass is 305 g/mol. The lowest BCUT2D eigenvalue weighted by molar-refractivity contribution is 0.602. The van der Waals surface area contributed by atoms with Gasteiger partial charge in [0.2, 0.25) is 10.0 Å². The van der Waals surface area contributed by atoms with Crippen LogP contribution in [0.15, 0.2) is 36.5 Å². The van der Waals surface area contributed by atoms with Gasteiger partial charge >= 0.3 is 0 Å². The molecule has 0 saturated carbocycles. The Kier molecular flexibility index (Phi) is 4.47. The molecule has 2 aromatic rings. The molecule has 0 aliphatic heterocycles. The van der Waals surface area contributed by atoms with E-state index in [1.807, 2.05) is 19.1 Å². The van der Waals surface area contributed by atoms with Gasteiger partial charge < -0.3 is 5.32 Å². The third-order valence-electron chi connectivity index (χ3n) is 3.28. The maximum absolute atomic E-state index is 11.5. The van der Waals surface area contributed by atoms with Crippen molar-refractivity contribution in [1.29, 1.82) is 0 Å². The highest BCUT2D eigenvalue weighted by molar-refractivity contribution is 7.92. The van der Waals surface area contributed by atoms with E-state index in [2.05, 4.69) is 28.0 Å². The van der Waals surface area contributed by atoms with Crippen molar-refractivity contribution in [3.63, 3.8) is 0 Å². The van der Waals surface area contributed by atoms with Gasteiger partial charge in [-0.3, -0.25) is 4.72 Å². The van der Waals surface area contributed by atoms with Gasteiger partial charge in [0.25, 0.3) is 0 Å². The lowest BCUT2D eigenvalue weighted by Gasteiger charge is -2.11. The summed E-state index contributed by atoms with van der Waals surface area (Å²) < 4.78 is 25.4. The van der Waals surface area contributed by atoms with Crippen LogP contribution < -0.4 is 10.0 Å². The Labute approximate surface area is 125 Å². The van der Waals surface area contributed by atoms with Gasteiger partial charge in [0, 0.05) is 5.69 Å². The molecule has 5 nitrogen and oxygen atoms in total. The Bertz CT molecular complexity index is 725. The molecule has 1 aromatic carbocycles. The topological polar surface area (TPSA) is 71.1 Å². The fourth-order valence-electron chi connectivity index (χ4n) is 1.80. The molecule has 0 aliphatic rings. The summed E-state index contributed by atoms with van der Waals surface area (Å²) >= 11 is 0. The number of rotatable bonds is 5. The largest absolute Gasteiger partial charge is 0.340 e. The van der Waals surface area contributed by atoms with Gasteiger partial charge in [-0.1, -0.05) is 12.1 Å². The molecule has 0 saturated heterocycles. The van der Waals surface area contributed by atoms with Gasteiger partial charge in [0.05, 0.1) is 17.6 Å². The highest BCUT2D eigenvalue weighted by atomic mass is 32.2. The van der Waals surface area contributed by atoms with Crippen molar-refractivity contribution < 1.29 is 8.42 Å². The second kappa shape index (κ2) is 6.13. The van der Waals surface area contributed by atoms with Crippen LogP contribution in [0, 0.1) is 13.8 Å². The van der Waals surface area contributed by atoms with Crippen molar-refractivity contribution in [2.75, 3.05) is 15.8 Å². The molecule has 0 fully saturated rings. The molecule has 0 radical (unpaired) electrons. The van der Waals surface area contributed by atoms with Crippen molar-refractivity contribution >= 4 is 27.2 Å². The minimum Gasteiger partial charge on any atom is -0.340 e. The quantitative estimate of drug-likeness (QED) is 0.890. The lowest BCUT2D eigenvalue weighted by atomic mass is 10.1. The summed E-state index contributed by atoms with van der Waals surface area (Å²) in [6.07, 6.45) is 1.50. The maximum atomic E-state index is 11.5. The van der Waals surface area contributed by atoms with Crippen LogP contribution in [0.2, 0.25) is 0 Å². The summed E-state index contributed by atoms with van der Waals surface area (Å²) in [5.41, 5.74) is 3.81. The van der Waals surface area contributed by atoms with Crippen molar-refractivity contribution in [1.82, 2.24) is 4.98 Å². The van der Waals surface area contributed by atoms with Crippen molar-refractivity contribution in [3.05, 3.63) is 47.7 Å². The second-order valence-corrected chi connectivity index (χ2v) is 6.82. The van der Waals surface area contributed by atoms with Crippen LogP contribution >= 0.6 is 0 Å². The van der Waals surface area contributed by atoms with E-state index in [-0.39, 0.29) is 5.75 Å². The van der Waals surface area contributed by atoms with Crippen molar-refractivity contribution in [2.24, 2.45) is 0 Å². The Morgan fingerprint density at radius 1 is 1.14 bits per heavy atom. The van der Waals surface area contributed by atoms with Gasteiger partial charge in [-0.25, -0.2) is 13.4 Å². The molecule has 0 aliphatic carbocycles. The average Bonchev–Trinajstić information content (AvgIpc) is 2.46. The van der Waals surface area contributed by atoms with E-state index in [1.54, 1.807) is 19.1 Å². The summed E-state index contributed by atoms with van der Waals surface area (Å²) in [6.45, 7) is 5.68. The van der Waals surface area contributed by atoms with Crippen LogP contribution in [0.1, 0.15) is 18.1 Å². The van der Waals surface area contributed by atoms with E-state index in [0.717, 1.165) is 11.3 Å². The first-order valence-electron chi connectivity index (χ1n) is 6.71. The van der Waals surface area contributed by atoms with Crippen LogP contribution in [-0.2, 0) is 10.0 Å². The zero-order valence-electron chi connectivity index (χ0n) is 12.3. The van der Waals surface area contributed by atoms with Gasteiger partial charge in [-0.05, 0) is 50.1 Å². The summed E-state index contributed by atoms with van der Waals surface area (Å²) in [7, 11) is -3.27. The van der Waals surface area contributed by atoms with Crippen LogP contribution in [0.25, 0.3) is 0 Å². The molecular formula is C15H19N3O2S. The predicted molar refractivity (Wildman–Crippen MR) is 86.5 cm³/mol. The van der Waals surface area contributed by atoms with Crippen LogP contribution in [0.5, 0.6) is 0 Å². The molecule has 0 spiro atoms. The minimum atomic E-state index is -3.27. The van der Waals surface area contributed by atoms with Gasteiger partial charge in [0.15, 0.2) is 0 Å². The number of nitrogens with zero attached hydrogens (tertiary/aromatic N) is 1. The van der Waals surface area contributed by atoms with E-state index in [0.29, 0.717) is 11.5 Å². The Hall–Kier alpha value is -2.08. The van der Waals surface area contributed by atoms with E-state index in [4.69, 9.17) is 0 Å². The number of hydrogen-bond acceptors (Lipinski definition) is 4. The number of hydrogen-bond donors (Lipinski definition) is 2. The SMILES string of the molecule is CCS(=O)(=O)Nc1ccc(Nc2cccc(C)c2C)nc1. The standard InChI is InChI=1S/C15H19N3O2S/c1-4-21(19,20)18-13-8-9-15(16-10-13)17-14-7-5-6-11(2)12(14)3/h5-10,18H,4H2,1-3H3,(H,16,17). The van der Waals surface area contributed by atoms with Crippen molar-refractivity contribution in [2.45, 2.75) is 20.8 Å². The molecule has 0 amide bonds. The first-order valence-corrected chi connectivity index (χ1v) is 8.36. The number of anilines is 3. The third-order valence-corrected chi connectivity index (χ3v) is 4.59. The number of pyridine rings is 1. The third kappa shape index (κ3) is 3.95. The number of sulfonamides is 1. The van der Waals surface area contributed by atoms with E-state index < -0.39 is 10.0 Å². The minimum absolute atomic E-state index is 0.0372. The van der Waals surface area contributed by atoms with Gasteiger partial charge in [0.1, 0.15) is 5.82 Å². The van der Waals surface area contributed by atoms with E-state index >= 15 is 0 Å². The molecule has 6 heteroatoms.